The van der Waals surface area contributed by atoms with Gasteiger partial charge in [0, 0.05) is 19.4 Å². The van der Waals surface area contributed by atoms with Gasteiger partial charge in [-0.25, -0.2) is 9.59 Å². The Labute approximate surface area is 304 Å². The molecule has 3 amide bonds. The van der Waals surface area contributed by atoms with Gasteiger partial charge in [0.15, 0.2) is 0 Å². The van der Waals surface area contributed by atoms with Gasteiger partial charge in [0.05, 0.1) is 0 Å². The van der Waals surface area contributed by atoms with Crippen molar-refractivity contribution in [3.8, 4) is 0 Å². The van der Waals surface area contributed by atoms with Crippen LogP contribution in [0.25, 0.3) is 0 Å². The van der Waals surface area contributed by atoms with E-state index in [-0.39, 0.29) is 19.4 Å². The Morgan fingerprint density at radius 3 is 1.71 bits per heavy atom. The molecule has 3 aromatic rings. The largest absolute Gasteiger partial charge is 0.458 e. The van der Waals surface area contributed by atoms with E-state index in [0.717, 1.165) is 36.0 Å². The van der Waals surface area contributed by atoms with Gasteiger partial charge < -0.3 is 25.0 Å². The first-order valence-corrected chi connectivity index (χ1v) is 18.0. The SMILES string of the molecule is CCCCCCN(C(=O)C(Cc1ccccc1)NC(=O)OC(C)(C)C)C(C(=O)NC(Cc1ccccc1)C(=O)OC(C)(C)C)c1ccc(C)cc1. The van der Waals surface area contributed by atoms with Gasteiger partial charge in [0.2, 0.25) is 11.8 Å². The van der Waals surface area contributed by atoms with E-state index < -0.39 is 53.2 Å². The summed E-state index contributed by atoms with van der Waals surface area (Å²) in [5, 5.41) is 5.80. The molecule has 0 radical (unpaired) electrons. The van der Waals surface area contributed by atoms with Crippen molar-refractivity contribution >= 4 is 23.9 Å². The Morgan fingerprint density at radius 1 is 0.667 bits per heavy atom. The summed E-state index contributed by atoms with van der Waals surface area (Å²) in [6.07, 6.45) is 3.09. The number of benzene rings is 3. The fourth-order valence-corrected chi connectivity index (χ4v) is 5.66. The quantitative estimate of drug-likeness (QED) is 0.117. The summed E-state index contributed by atoms with van der Waals surface area (Å²) in [5.74, 6) is -1.53. The maximum Gasteiger partial charge on any atom is 0.408 e. The van der Waals surface area contributed by atoms with Crippen molar-refractivity contribution < 1.29 is 28.7 Å². The Hall–Kier alpha value is -4.66. The summed E-state index contributed by atoms with van der Waals surface area (Å²) in [6.45, 7) is 14.9. The van der Waals surface area contributed by atoms with E-state index >= 15 is 0 Å². The number of hydrogen-bond donors (Lipinski definition) is 2. The molecular formula is C42H57N3O6. The Kier molecular flexibility index (Phi) is 15.3. The second-order valence-electron chi connectivity index (χ2n) is 15.1. The van der Waals surface area contributed by atoms with Crippen LogP contribution < -0.4 is 10.6 Å². The molecule has 0 spiro atoms. The van der Waals surface area contributed by atoms with Crippen molar-refractivity contribution in [1.29, 1.82) is 0 Å². The van der Waals surface area contributed by atoms with E-state index in [1.807, 2.05) is 91.9 Å². The monoisotopic (exact) mass is 699 g/mol. The standard InChI is InChI=1S/C42H57N3O6/c1-9-10-11-18-27-45(38(47)34(28-31-19-14-12-15-20-31)44-40(49)51-42(6,7)8)36(33-25-23-30(2)24-26-33)37(46)43-35(39(48)50-41(3,4)5)29-32-21-16-13-17-22-32/h12-17,19-26,34-36H,9-11,18,27-29H2,1-8H3,(H,43,46)(H,44,49). The average Bonchev–Trinajstić information content (AvgIpc) is 3.05. The molecule has 276 valence electrons. The normalized spacial score (nSPS) is 13.3. The molecule has 0 aliphatic rings. The second-order valence-corrected chi connectivity index (χ2v) is 15.1. The number of nitrogens with zero attached hydrogens (tertiary/aromatic N) is 1. The maximum absolute atomic E-state index is 14.9. The van der Waals surface area contributed by atoms with E-state index in [2.05, 4.69) is 17.6 Å². The highest BCUT2D eigenvalue weighted by molar-refractivity contribution is 5.94. The molecule has 0 fully saturated rings. The van der Waals surface area contributed by atoms with Gasteiger partial charge in [-0.15, -0.1) is 0 Å². The molecule has 9 heteroatoms. The van der Waals surface area contributed by atoms with Gasteiger partial charge in [-0.2, -0.15) is 0 Å². The van der Waals surface area contributed by atoms with Gasteiger partial charge in [-0.1, -0.05) is 117 Å². The van der Waals surface area contributed by atoms with Gasteiger partial charge in [-0.05, 0) is 71.6 Å². The first-order chi connectivity index (χ1) is 24.1. The lowest BCUT2D eigenvalue weighted by Gasteiger charge is -2.35. The summed E-state index contributed by atoms with van der Waals surface area (Å²) < 4.78 is 11.3. The lowest BCUT2D eigenvalue weighted by atomic mass is 9.98. The number of hydrogen-bond acceptors (Lipinski definition) is 6. The van der Waals surface area contributed by atoms with Crippen LogP contribution in [-0.2, 0) is 36.7 Å². The molecule has 0 heterocycles. The Morgan fingerprint density at radius 2 is 1.20 bits per heavy atom. The average molecular weight is 700 g/mol. The molecule has 2 N–H and O–H groups in total. The number of carbonyl (C=O) groups is 4. The van der Waals surface area contributed by atoms with Crippen LogP contribution in [0.5, 0.6) is 0 Å². The highest BCUT2D eigenvalue weighted by atomic mass is 16.6. The Bertz CT molecular complexity index is 1550. The van der Waals surface area contributed by atoms with Gasteiger partial charge in [0.1, 0.15) is 29.3 Å². The van der Waals surface area contributed by atoms with Crippen molar-refractivity contribution in [2.45, 2.75) is 123 Å². The van der Waals surface area contributed by atoms with E-state index in [0.29, 0.717) is 12.0 Å². The number of unbranched alkanes of at least 4 members (excludes halogenated alkanes) is 3. The van der Waals surface area contributed by atoms with Gasteiger partial charge in [-0.3, -0.25) is 9.59 Å². The smallest absolute Gasteiger partial charge is 0.408 e. The summed E-state index contributed by atoms with van der Waals surface area (Å²) >= 11 is 0. The molecule has 9 nitrogen and oxygen atoms in total. The molecule has 3 unspecified atom stereocenters. The minimum absolute atomic E-state index is 0.182. The molecule has 51 heavy (non-hydrogen) atoms. The number of rotatable bonds is 16. The zero-order chi connectivity index (χ0) is 37.6. The van der Waals surface area contributed by atoms with Gasteiger partial charge in [0.25, 0.3) is 0 Å². The third-order valence-electron chi connectivity index (χ3n) is 8.05. The molecule has 3 aromatic carbocycles. The van der Waals surface area contributed by atoms with Gasteiger partial charge >= 0.3 is 12.1 Å². The van der Waals surface area contributed by atoms with Crippen molar-refractivity contribution in [3.63, 3.8) is 0 Å². The second kappa shape index (κ2) is 19.1. The number of aryl methyl sites for hydroxylation is 1. The highest BCUT2D eigenvalue weighted by Gasteiger charge is 2.38. The summed E-state index contributed by atoms with van der Waals surface area (Å²) in [6, 6.07) is 23.1. The maximum atomic E-state index is 14.9. The van der Waals surface area contributed by atoms with Crippen LogP contribution in [0.2, 0.25) is 0 Å². The minimum atomic E-state index is -1.11. The number of ether oxygens (including phenoxy) is 2. The van der Waals surface area contributed by atoms with Crippen LogP contribution in [0.3, 0.4) is 0 Å². The summed E-state index contributed by atoms with van der Waals surface area (Å²) in [7, 11) is 0. The summed E-state index contributed by atoms with van der Waals surface area (Å²) in [4.78, 5) is 57.9. The molecule has 0 saturated heterocycles. The fourth-order valence-electron chi connectivity index (χ4n) is 5.66. The van der Waals surface area contributed by atoms with Crippen LogP contribution in [0.4, 0.5) is 4.79 Å². The Balaban J connectivity index is 2.11. The van der Waals surface area contributed by atoms with E-state index in [1.54, 1.807) is 46.4 Å². The van der Waals surface area contributed by atoms with Crippen LogP contribution in [0.15, 0.2) is 84.9 Å². The third kappa shape index (κ3) is 14.2. The number of carbonyl (C=O) groups excluding carboxylic acids is 4. The van der Waals surface area contributed by atoms with Crippen molar-refractivity contribution in [2.75, 3.05) is 6.54 Å². The number of esters is 1. The first-order valence-electron chi connectivity index (χ1n) is 18.0. The molecule has 0 aliphatic carbocycles. The van der Waals surface area contributed by atoms with E-state index in [1.165, 1.54) is 0 Å². The predicted octanol–water partition coefficient (Wildman–Crippen LogP) is 7.65. The molecule has 0 aromatic heterocycles. The first kappa shape index (κ1) is 40.8. The zero-order valence-corrected chi connectivity index (χ0v) is 31.7. The number of nitrogens with one attached hydrogen (secondary N) is 2. The van der Waals surface area contributed by atoms with Crippen molar-refractivity contribution in [3.05, 3.63) is 107 Å². The zero-order valence-electron chi connectivity index (χ0n) is 31.7. The van der Waals surface area contributed by atoms with Crippen LogP contribution in [0.1, 0.15) is 102 Å². The third-order valence-corrected chi connectivity index (χ3v) is 8.05. The van der Waals surface area contributed by atoms with Crippen molar-refractivity contribution in [2.24, 2.45) is 0 Å². The lowest BCUT2D eigenvalue weighted by Crippen LogP contribution is -2.55. The lowest BCUT2D eigenvalue weighted by molar-refractivity contribution is -0.159. The van der Waals surface area contributed by atoms with E-state index in [9.17, 15) is 19.2 Å². The summed E-state index contributed by atoms with van der Waals surface area (Å²) in [5.41, 5.74) is 1.68. The van der Waals surface area contributed by atoms with E-state index in [4.69, 9.17) is 9.47 Å². The topological polar surface area (TPSA) is 114 Å². The molecule has 3 rings (SSSR count). The number of amides is 3. The molecular weight excluding hydrogens is 642 g/mol. The van der Waals surface area contributed by atoms with Crippen LogP contribution in [-0.4, -0.2) is 58.6 Å². The van der Waals surface area contributed by atoms with Crippen LogP contribution in [0, 0.1) is 6.92 Å². The van der Waals surface area contributed by atoms with Crippen LogP contribution >= 0.6 is 0 Å². The molecule has 0 saturated carbocycles. The highest BCUT2D eigenvalue weighted by Crippen LogP contribution is 2.26. The molecule has 0 aliphatic heterocycles. The molecule has 3 atom stereocenters. The number of alkyl carbamates (subject to hydrolysis) is 1. The fraction of sp³-hybridized carbons (Fsp3) is 0.476. The predicted molar refractivity (Wildman–Crippen MR) is 201 cm³/mol. The minimum Gasteiger partial charge on any atom is -0.458 e. The molecule has 0 bridgehead atoms. The van der Waals surface area contributed by atoms with Crippen molar-refractivity contribution in [1.82, 2.24) is 15.5 Å².